The molecule has 1 nitrogen and oxygen atoms in total. The fourth-order valence-electron chi connectivity index (χ4n) is 2.17. The van der Waals surface area contributed by atoms with E-state index in [1.165, 1.54) is 22.6 Å². The molecular weight excluding hydrogens is 242 g/mol. The highest BCUT2D eigenvalue weighted by atomic mass is 15.1. The second-order valence-corrected chi connectivity index (χ2v) is 4.94. The van der Waals surface area contributed by atoms with Crippen LogP contribution >= 0.6 is 0 Å². The fraction of sp³-hybridized carbons (Fsp3) is 0.158. The van der Waals surface area contributed by atoms with Crippen LogP contribution in [0.4, 0.5) is 11.4 Å². The van der Waals surface area contributed by atoms with Gasteiger partial charge in [0, 0.05) is 17.1 Å². The Morgan fingerprint density at radius 1 is 0.800 bits per heavy atom. The molecule has 0 N–H and O–H groups in total. The van der Waals surface area contributed by atoms with Crippen LogP contribution < -0.4 is 4.90 Å². The van der Waals surface area contributed by atoms with E-state index >= 15 is 0 Å². The van der Waals surface area contributed by atoms with E-state index in [2.05, 4.69) is 86.4 Å². The van der Waals surface area contributed by atoms with Crippen molar-refractivity contribution in [1.29, 1.82) is 0 Å². The molecule has 0 saturated carbocycles. The Labute approximate surface area is 121 Å². The minimum absolute atomic E-state index is 1.17. The molecule has 0 aromatic heterocycles. The summed E-state index contributed by atoms with van der Waals surface area (Å²) in [5.74, 6) is 0. The van der Waals surface area contributed by atoms with Gasteiger partial charge >= 0.3 is 0 Å². The first-order chi connectivity index (χ1) is 9.72. The third-order valence-electron chi connectivity index (χ3n) is 3.02. The molecule has 1 heteroatoms. The minimum atomic E-state index is 1.17. The molecule has 0 unspecified atom stereocenters. The molecule has 0 atom stereocenters. The van der Waals surface area contributed by atoms with Gasteiger partial charge in [0.2, 0.25) is 0 Å². The van der Waals surface area contributed by atoms with Gasteiger partial charge in [0.05, 0.1) is 0 Å². The predicted octanol–water partition coefficient (Wildman–Crippen LogP) is 5.69. The maximum atomic E-state index is 2.27. The zero-order valence-electron chi connectivity index (χ0n) is 12.4. The van der Waals surface area contributed by atoms with Gasteiger partial charge in [-0.05, 0) is 51.1 Å². The van der Waals surface area contributed by atoms with Gasteiger partial charge in [-0.15, -0.1) is 0 Å². The molecule has 0 saturated heterocycles. The van der Waals surface area contributed by atoms with Gasteiger partial charge in [0.15, 0.2) is 0 Å². The predicted molar refractivity (Wildman–Crippen MR) is 88.2 cm³/mol. The van der Waals surface area contributed by atoms with Gasteiger partial charge in [0.25, 0.3) is 0 Å². The third-order valence-corrected chi connectivity index (χ3v) is 3.02. The summed E-state index contributed by atoms with van der Waals surface area (Å²) in [6.45, 7) is 6.32. The van der Waals surface area contributed by atoms with Crippen molar-refractivity contribution in [2.24, 2.45) is 0 Å². The zero-order valence-corrected chi connectivity index (χ0v) is 12.4. The molecule has 2 aromatic rings. The van der Waals surface area contributed by atoms with Crippen LogP contribution in [0.15, 0.2) is 84.1 Å². The van der Waals surface area contributed by atoms with Gasteiger partial charge in [-0.1, -0.05) is 48.0 Å². The first-order valence-corrected chi connectivity index (χ1v) is 6.94. The maximum absolute atomic E-state index is 2.27. The number of anilines is 2. The van der Waals surface area contributed by atoms with Crippen molar-refractivity contribution in [2.75, 3.05) is 4.90 Å². The molecular formula is C19H21N. The average molecular weight is 263 g/mol. The fourth-order valence-corrected chi connectivity index (χ4v) is 2.17. The largest absolute Gasteiger partial charge is 0.311 e. The lowest BCUT2D eigenvalue weighted by Crippen LogP contribution is -2.15. The first kappa shape index (κ1) is 14.1. The zero-order chi connectivity index (χ0) is 14.4. The number of nitrogens with zero attached hydrogens (tertiary/aromatic N) is 1. The Morgan fingerprint density at radius 3 is 1.60 bits per heavy atom. The molecule has 102 valence electrons. The summed E-state index contributed by atoms with van der Waals surface area (Å²) in [4.78, 5) is 2.27. The highest BCUT2D eigenvalue weighted by molar-refractivity contribution is 5.69. The molecule has 20 heavy (non-hydrogen) atoms. The van der Waals surface area contributed by atoms with E-state index in [0.29, 0.717) is 0 Å². The molecule has 2 rings (SSSR count). The second kappa shape index (κ2) is 6.76. The molecule has 0 spiro atoms. The normalized spacial score (nSPS) is 11.1. The number of benzene rings is 2. The van der Waals surface area contributed by atoms with Crippen LogP contribution in [0.25, 0.3) is 0 Å². The number of hydrogen-bond donors (Lipinski definition) is 0. The quantitative estimate of drug-likeness (QED) is 0.640. The van der Waals surface area contributed by atoms with Gasteiger partial charge in [-0.25, -0.2) is 0 Å². The van der Waals surface area contributed by atoms with E-state index in [1.807, 2.05) is 12.1 Å². The SMILES string of the molecule is C/C=C(\C=C(C)C)N(c1ccccc1)c1ccccc1. The van der Waals surface area contributed by atoms with E-state index in [-0.39, 0.29) is 0 Å². The number of allylic oxidation sites excluding steroid dienone is 3. The molecule has 0 amide bonds. The summed E-state index contributed by atoms with van der Waals surface area (Å²) in [7, 11) is 0. The molecule has 0 fully saturated rings. The molecule has 0 aliphatic carbocycles. The highest BCUT2D eigenvalue weighted by Crippen LogP contribution is 2.30. The van der Waals surface area contributed by atoms with E-state index in [9.17, 15) is 0 Å². The Bertz CT molecular complexity index is 551. The van der Waals surface area contributed by atoms with Gasteiger partial charge in [0.1, 0.15) is 0 Å². The van der Waals surface area contributed by atoms with Crippen LogP contribution in [0.1, 0.15) is 20.8 Å². The summed E-state index contributed by atoms with van der Waals surface area (Å²) in [5.41, 5.74) is 4.81. The van der Waals surface area contributed by atoms with Gasteiger partial charge in [-0.3, -0.25) is 0 Å². The lowest BCUT2D eigenvalue weighted by Gasteiger charge is -2.26. The van der Waals surface area contributed by atoms with Gasteiger partial charge < -0.3 is 4.90 Å². The average Bonchev–Trinajstić information content (AvgIpc) is 2.48. The number of hydrogen-bond acceptors (Lipinski definition) is 1. The first-order valence-electron chi connectivity index (χ1n) is 6.94. The second-order valence-electron chi connectivity index (χ2n) is 4.94. The Kier molecular flexibility index (Phi) is 4.78. The third kappa shape index (κ3) is 3.39. The van der Waals surface area contributed by atoms with Crippen molar-refractivity contribution in [3.63, 3.8) is 0 Å². The van der Waals surface area contributed by atoms with E-state index < -0.39 is 0 Å². The van der Waals surface area contributed by atoms with Crippen LogP contribution in [-0.2, 0) is 0 Å². The molecule has 0 aliphatic rings. The molecule has 2 aromatic carbocycles. The topological polar surface area (TPSA) is 3.24 Å². The van der Waals surface area contributed by atoms with Crippen molar-refractivity contribution < 1.29 is 0 Å². The summed E-state index contributed by atoms with van der Waals surface area (Å²) >= 11 is 0. The Hall–Kier alpha value is -2.28. The van der Waals surface area contributed by atoms with Crippen LogP contribution in [0.3, 0.4) is 0 Å². The van der Waals surface area contributed by atoms with Crippen molar-refractivity contribution in [3.8, 4) is 0 Å². The van der Waals surface area contributed by atoms with E-state index in [1.54, 1.807) is 0 Å². The van der Waals surface area contributed by atoms with Crippen molar-refractivity contribution in [2.45, 2.75) is 20.8 Å². The Balaban J connectivity index is 2.53. The lowest BCUT2D eigenvalue weighted by molar-refractivity contribution is 1.18. The van der Waals surface area contributed by atoms with Crippen LogP contribution in [0, 0.1) is 0 Å². The number of rotatable bonds is 4. The summed E-state index contributed by atoms with van der Waals surface area (Å²) in [5, 5.41) is 0. The summed E-state index contributed by atoms with van der Waals surface area (Å²) in [6, 6.07) is 20.9. The van der Waals surface area contributed by atoms with E-state index in [0.717, 1.165) is 0 Å². The standard InChI is InChI=1S/C19H21N/c1-4-17(15-16(2)3)20(18-11-7-5-8-12-18)19-13-9-6-10-14-19/h4-15H,1-3H3/b17-4+. The molecule has 0 heterocycles. The monoisotopic (exact) mass is 263 g/mol. The van der Waals surface area contributed by atoms with Crippen LogP contribution in [0.2, 0.25) is 0 Å². The van der Waals surface area contributed by atoms with Crippen LogP contribution in [0.5, 0.6) is 0 Å². The molecule has 0 bridgehead atoms. The van der Waals surface area contributed by atoms with Gasteiger partial charge in [-0.2, -0.15) is 0 Å². The molecule has 0 aliphatic heterocycles. The highest BCUT2D eigenvalue weighted by Gasteiger charge is 2.11. The van der Waals surface area contributed by atoms with Crippen LogP contribution in [-0.4, -0.2) is 0 Å². The van der Waals surface area contributed by atoms with Crippen molar-refractivity contribution in [1.82, 2.24) is 0 Å². The lowest BCUT2D eigenvalue weighted by atomic mass is 10.1. The summed E-state index contributed by atoms with van der Waals surface area (Å²) in [6.07, 6.45) is 4.35. The van der Waals surface area contributed by atoms with Crippen molar-refractivity contribution in [3.05, 3.63) is 84.1 Å². The maximum Gasteiger partial charge on any atom is 0.0461 e. The van der Waals surface area contributed by atoms with Crippen molar-refractivity contribution >= 4 is 11.4 Å². The number of para-hydroxylation sites is 2. The smallest absolute Gasteiger partial charge is 0.0461 e. The Morgan fingerprint density at radius 2 is 1.25 bits per heavy atom. The minimum Gasteiger partial charge on any atom is -0.311 e. The van der Waals surface area contributed by atoms with E-state index in [4.69, 9.17) is 0 Å². The molecule has 0 radical (unpaired) electrons. The summed E-state index contributed by atoms with van der Waals surface area (Å²) < 4.78 is 0.